The monoisotopic (exact) mass is 934 g/mol. The van der Waals surface area contributed by atoms with E-state index in [0.29, 0.717) is 6.42 Å². The lowest BCUT2D eigenvalue weighted by atomic mass is 9.99. The molecule has 1 saturated heterocycles. The molecule has 0 aromatic heterocycles. The van der Waals surface area contributed by atoms with Gasteiger partial charge < -0.3 is 40.3 Å². The van der Waals surface area contributed by atoms with Gasteiger partial charge in [-0.2, -0.15) is 0 Å². The third-order valence-corrected chi connectivity index (χ3v) is 13.5. The highest BCUT2D eigenvalue weighted by Crippen LogP contribution is 2.23. The number of carbonyl (C=O) groups excluding carboxylic acids is 1. The molecule has 7 unspecified atom stereocenters. The first-order valence-electron chi connectivity index (χ1n) is 28.2. The van der Waals surface area contributed by atoms with E-state index in [9.17, 15) is 30.3 Å². The zero-order valence-electron chi connectivity index (χ0n) is 43.0. The molecule has 1 rings (SSSR count). The van der Waals surface area contributed by atoms with E-state index < -0.39 is 49.5 Å². The Labute approximate surface area is 406 Å². The molecule has 7 atom stereocenters. The predicted molar refractivity (Wildman–Crippen MR) is 276 cm³/mol. The van der Waals surface area contributed by atoms with E-state index in [1.54, 1.807) is 6.08 Å². The van der Waals surface area contributed by atoms with E-state index >= 15 is 0 Å². The van der Waals surface area contributed by atoms with Gasteiger partial charge in [0, 0.05) is 6.42 Å². The quantitative estimate of drug-likeness (QED) is 0.0261. The number of ether oxygens (including phenoxy) is 2. The molecule has 9 nitrogen and oxygen atoms in total. The van der Waals surface area contributed by atoms with Crippen LogP contribution in [0.25, 0.3) is 0 Å². The van der Waals surface area contributed by atoms with Crippen molar-refractivity contribution in [2.45, 2.75) is 307 Å². The summed E-state index contributed by atoms with van der Waals surface area (Å²) in [5.74, 6) is -0.174. The third kappa shape index (κ3) is 36.4. The van der Waals surface area contributed by atoms with Crippen molar-refractivity contribution in [3.8, 4) is 0 Å². The van der Waals surface area contributed by atoms with Crippen LogP contribution in [0.15, 0.2) is 36.5 Å². The van der Waals surface area contributed by atoms with Crippen LogP contribution in [0.3, 0.4) is 0 Å². The van der Waals surface area contributed by atoms with Crippen LogP contribution in [0.1, 0.15) is 264 Å². The molecule has 0 saturated carbocycles. The molecule has 1 aliphatic rings. The Morgan fingerprint density at radius 3 is 1.30 bits per heavy atom. The molecule has 388 valence electrons. The Morgan fingerprint density at radius 2 is 0.894 bits per heavy atom. The van der Waals surface area contributed by atoms with E-state index in [4.69, 9.17) is 9.47 Å². The summed E-state index contributed by atoms with van der Waals surface area (Å²) in [7, 11) is 0. The first-order chi connectivity index (χ1) is 32.3. The molecule has 0 bridgehead atoms. The predicted octanol–water partition coefficient (Wildman–Crippen LogP) is 13.6. The van der Waals surface area contributed by atoms with Crippen molar-refractivity contribution < 1.29 is 39.8 Å². The van der Waals surface area contributed by atoms with Gasteiger partial charge in [0.05, 0.1) is 25.4 Å². The molecule has 0 aliphatic carbocycles. The highest BCUT2D eigenvalue weighted by atomic mass is 16.7. The average Bonchev–Trinajstić information content (AvgIpc) is 3.32. The lowest BCUT2D eigenvalue weighted by Crippen LogP contribution is -2.60. The topological polar surface area (TPSA) is 149 Å². The largest absolute Gasteiger partial charge is 0.394 e. The van der Waals surface area contributed by atoms with E-state index in [0.717, 1.165) is 44.9 Å². The molecule has 0 aromatic carbocycles. The molecule has 0 spiro atoms. The summed E-state index contributed by atoms with van der Waals surface area (Å²) < 4.78 is 11.2. The molecule has 0 radical (unpaired) electrons. The number of hydrogen-bond donors (Lipinski definition) is 6. The molecule has 6 N–H and O–H groups in total. The van der Waals surface area contributed by atoms with E-state index in [-0.39, 0.29) is 12.5 Å². The number of unbranched alkanes of at least 4 members (excludes halogenated alkanes) is 34. The average molecular weight is 934 g/mol. The molecule has 0 aromatic rings. The highest BCUT2D eigenvalue weighted by Gasteiger charge is 2.44. The van der Waals surface area contributed by atoms with E-state index in [1.165, 1.54) is 199 Å². The molecule has 1 heterocycles. The second kappa shape index (κ2) is 47.1. The van der Waals surface area contributed by atoms with Gasteiger partial charge in [0.2, 0.25) is 5.91 Å². The molecule has 1 amide bonds. The van der Waals surface area contributed by atoms with Crippen molar-refractivity contribution in [3.63, 3.8) is 0 Å². The van der Waals surface area contributed by atoms with Crippen LogP contribution in [0.5, 0.6) is 0 Å². The summed E-state index contributed by atoms with van der Waals surface area (Å²) in [6.45, 7) is 3.78. The lowest BCUT2D eigenvalue weighted by molar-refractivity contribution is -0.302. The Hall–Kier alpha value is -1.59. The summed E-state index contributed by atoms with van der Waals surface area (Å²) in [5.41, 5.74) is 0. The van der Waals surface area contributed by atoms with Gasteiger partial charge in [-0.3, -0.25) is 4.79 Å². The molecule has 1 fully saturated rings. The van der Waals surface area contributed by atoms with Crippen molar-refractivity contribution in [3.05, 3.63) is 36.5 Å². The van der Waals surface area contributed by atoms with Crippen LogP contribution in [0.4, 0.5) is 0 Å². The summed E-state index contributed by atoms with van der Waals surface area (Å²) in [6.07, 6.45) is 53.5. The standard InChI is InChI=1S/C57H107NO8/c1-3-5-7-9-11-13-15-17-19-20-21-22-23-24-25-26-27-28-29-30-31-32-33-35-37-39-41-43-45-47-53(61)58-50(49-65-57-56(64)55(63)54(62)52(48-59)66-57)51(60)46-44-42-40-38-36-34-18-16-14-12-10-8-6-4-2/h15,17,20-21,44,46,50-52,54-57,59-60,62-64H,3-14,16,18-19,22-43,45,47-49H2,1-2H3,(H,58,61)/b17-15-,21-20-,46-44+. The number of carbonyl (C=O) groups is 1. The van der Waals surface area contributed by atoms with E-state index in [1.807, 2.05) is 6.08 Å². The first kappa shape index (κ1) is 62.4. The third-order valence-electron chi connectivity index (χ3n) is 13.5. The Kier molecular flexibility index (Phi) is 44.6. The highest BCUT2D eigenvalue weighted by molar-refractivity contribution is 5.76. The summed E-state index contributed by atoms with van der Waals surface area (Å²) in [4.78, 5) is 13.0. The van der Waals surface area contributed by atoms with Crippen LogP contribution < -0.4 is 5.32 Å². The first-order valence-corrected chi connectivity index (χ1v) is 28.2. The number of amides is 1. The van der Waals surface area contributed by atoms with Gasteiger partial charge in [-0.25, -0.2) is 0 Å². The second-order valence-corrected chi connectivity index (χ2v) is 19.7. The summed E-state index contributed by atoms with van der Waals surface area (Å²) in [5, 5.41) is 54.4. The van der Waals surface area contributed by atoms with Crippen LogP contribution >= 0.6 is 0 Å². The van der Waals surface area contributed by atoms with Gasteiger partial charge in [0.15, 0.2) is 6.29 Å². The van der Waals surface area contributed by atoms with Crippen molar-refractivity contribution >= 4 is 5.91 Å². The fourth-order valence-corrected chi connectivity index (χ4v) is 8.95. The normalized spacial score (nSPS) is 20.0. The maximum absolute atomic E-state index is 13.0. The van der Waals surface area contributed by atoms with Crippen molar-refractivity contribution in [1.29, 1.82) is 0 Å². The smallest absolute Gasteiger partial charge is 0.220 e. The molecular formula is C57H107NO8. The minimum Gasteiger partial charge on any atom is -0.394 e. The van der Waals surface area contributed by atoms with Crippen LogP contribution in [0, 0.1) is 0 Å². The van der Waals surface area contributed by atoms with Crippen LogP contribution in [-0.4, -0.2) is 87.5 Å². The number of hydrogen-bond acceptors (Lipinski definition) is 8. The summed E-state index contributed by atoms with van der Waals surface area (Å²) >= 11 is 0. The van der Waals surface area contributed by atoms with E-state index in [2.05, 4.69) is 43.5 Å². The number of nitrogens with one attached hydrogen (secondary N) is 1. The molecule has 1 aliphatic heterocycles. The Bertz CT molecular complexity index is 1130. The lowest BCUT2D eigenvalue weighted by Gasteiger charge is -2.40. The summed E-state index contributed by atoms with van der Waals surface area (Å²) in [6, 6.07) is -0.803. The Balaban J connectivity index is 2.17. The van der Waals surface area contributed by atoms with Gasteiger partial charge in [-0.05, 0) is 51.4 Å². The van der Waals surface area contributed by atoms with Gasteiger partial charge >= 0.3 is 0 Å². The molecule has 9 heteroatoms. The van der Waals surface area contributed by atoms with Gasteiger partial charge in [0.25, 0.3) is 0 Å². The number of rotatable bonds is 48. The van der Waals surface area contributed by atoms with Crippen LogP contribution in [-0.2, 0) is 14.3 Å². The van der Waals surface area contributed by atoms with Gasteiger partial charge in [-0.15, -0.1) is 0 Å². The maximum Gasteiger partial charge on any atom is 0.220 e. The fourth-order valence-electron chi connectivity index (χ4n) is 8.95. The zero-order chi connectivity index (χ0) is 48.0. The van der Waals surface area contributed by atoms with Crippen molar-refractivity contribution in [1.82, 2.24) is 5.32 Å². The molecular weight excluding hydrogens is 827 g/mol. The van der Waals surface area contributed by atoms with Crippen molar-refractivity contribution in [2.75, 3.05) is 13.2 Å². The second-order valence-electron chi connectivity index (χ2n) is 19.7. The number of aliphatic hydroxyl groups is 5. The number of allylic oxidation sites excluding steroid dienone is 5. The minimum atomic E-state index is -1.56. The fraction of sp³-hybridized carbons (Fsp3) is 0.877. The minimum absolute atomic E-state index is 0.174. The Morgan fingerprint density at radius 1 is 0.515 bits per heavy atom. The molecule has 66 heavy (non-hydrogen) atoms. The SMILES string of the molecule is CCCCCCC/C=C\C/C=C\CCCCCCCCCCCCCCCCCCCC(=O)NC(COC1OC(CO)C(O)C(O)C1O)C(O)/C=C/CCCCCCCCCCCCCC. The number of aliphatic hydroxyl groups excluding tert-OH is 5. The zero-order valence-corrected chi connectivity index (χ0v) is 43.0. The van der Waals surface area contributed by atoms with Gasteiger partial charge in [0.1, 0.15) is 24.4 Å². The van der Waals surface area contributed by atoms with Crippen molar-refractivity contribution in [2.24, 2.45) is 0 Å². The van der Waals surface area contributed by atoms with Crippen LogP contribution in [0.2, 0.25) is 0 Å². The maximum atomic E-state index is 13.0. The van der Waals surface area contributed by atoms with Gasteiger partial charge in [-0.1, -0.05) is 243 Å².